The van der Waals surface area contributed by atoms with E-state index in [0.717, 1.165) is 6.42 Å². The molecule has 25 heavy (non-hydrogen) atoms. The minimum atomic E-state index is -1.17. The molecule has 1 amide bonds. The summed E-state index contributed by atoms with van der Waals surface area (Å²) in [6.07, 6.45) is 0.393. The predicted molar refractivity (Wildman–Crippen MR) is 93.6 cm³/mol. The van der Waals surface area contributed by atoms with Gasteiger partial charge in [-0.1, -0.05) is 11.6 Å². The van der Waals surface area contributed by atoms with Crippen molar-refractivity contribution in [2.75, 3.05) is 11.9 Å². The number of aromatic nitrogens is 2. The lowest BCUT2D eigenvalue weighted by Gasteiger charge is -2.44. The third-order valence-corrected chi connectivity index (χ3v) is 5.08. The predicted octanol–water partition coefficient (Wildman–Crippen LogP) is 3.44. The highest BCUT2D eigenvalue weighted by Gasteiger charge is 2.52. The maximum Gasteiger partial charge on any atom is 0.410 e. The second-order valence-corrected chi connectivity index (χ2v) is 8.15. The van der Waals surface area contributed by atoms with E-state index in [2.05, 4.69) is 10.2 Å². The summed E-state index contributed by atoms with van der Waals surface area (Å²) in [5.41, 5.74) is -0.588. The number of carbonyl (C=O) groups excluding carboxylic acids is 1. The van der Waals surface area contributed by atoms with Gasteiger partial charge in [0.15, 0.2) is 11.0 Å². The zero-order chi connectivity index (χ0) is 18.4. The number of fused-ring (bicyclic) bond motifs is 2. The Morgan fingerprint density at radius 3 is 2.68 bits per heavy atom. The standard InChI is InChI=1S/C17H24ClFN4O2/c1-17(2,3)25-16(24)23-10-5-6-11(23)15(19)12(9-10)22(4)14-8-7-13(18)20-21-14/h7-8,10-12,15H,5-6,9H2,1-4H3. The zero-order valence-electron chi connectivity index (χ0n) is 14.9. The number of amides is 1. The summed E-state index contributed by atoms with van der Waals surface area (Å²) >= 11 is 5.77. The van der Waals surface area contributed by atoms with E-state index in [9.17, 15) is 4.79 Å². The topological polar surface area (TPSA) is 58.6 Å². The number of hydrogen-bond acceptors (Lipinski definition) is 5. The van der Waals surface area contributed by atoms with Gasteiger partial charge in [-0.3, -0.25) is 4.90 Å². The van der Waals surface area contributed by atoms with Gasteiger partial charge in [-0.05, 0) is 52.2 Å². The largest absolute Gasteiger partial charge is 0.444 e. The molecule has 4 unspecified atom stereocenters. The van der Waals surface area contributed by atoms with Crippen LogP contribution in [-0.4, -0.2) is 58.1 Å². The van der Waals surface area contributed by atoms with Crippen molar-refractivity contribution in [1.29, 1.82) is 0 Å². The van der Waals surface area contributed by atoms with Gasteiger partial charge in [0.1, 0.15) is 11.8 Å². The monoisotopic (exact) mass is 370 g/mol. The number of carbonyl (C=O) groups is 1. The minimum Gasteiger partial charge on any atom is -0.444 e. The van der Waals surface area contributed by atoms with E-state index >= 15 is 4.39 Å². The highest BCUT2D eigenvalue weighted by atomic mass is 35.5. The van der Waals surface area contributed by atoms with Crippen molar-refractivity contribution < 1.29 is 13.9 Å². The van der Waals surface area contributed by atoms with Crippen molar-refractivity contribution in [3.05, 3.63) is 17.3 Å². The highest BCUT2D eigenvalue weighted by Crippen LogP contribution is 2.40. The van der Waals surface area contributed by atoms with Crippen molar-refractivity contribution in [2.45, 2.75) is 69.9 Å². The fourth-order valence-corrected chi connectivity index (χ4v) is 3.86. The van der Waals surface area contributed by atoms with E-state index in [1.54, 1.807) is 29.0 Å². The van der Waals surface area contributed by atoms with Crippen LogP contribution in [0.15, 0.2) is 12.1 Å². The second kappa shape index (κ2) is 6.59. The average molecular weight is 371 g/mol. The Labute approximate surface area is 152 Å². The Morgan fingerprint density at radius 1 is 1.36 bits per heavy atom. The van der Waals surface area contributed by atoms with Crippen LogP contribution in [0.2, 0.25) is 5.15 Å². The molecule has 2 aliphatic heterocycles. The molecule has 0 N–H and O–H groups in total. The van der Waals surface area contributed by atoms with E-state index in [1.165, 1.54) is 0 Å². The molecule has 138 valence electrons. The first-order valence-electron chi connectivity index (χ1n) is 8.55. The van der Waals surface area contributed by atoms with E-state index in [1.807, 2.05) is 20.8 Å². The summed E-state index contributed by atoms with van der Waals surface area (Å²) in [6.45, 7) is 5.46. The number of ether oxygens (including phenoxy) is 1. The molecule has 1 aromatic heterocycles. The van der Waals surface area contributed by atoms with Crippen LogP contribution in [0.5, 0.6) is 0 Å². The molecule has 0 spiro atoms. The summed E-state index contributed by atoms with van der Waals surface area (Å²) in [7, 11) is 1.80. The molecule has 0 aromatic carbocycles. The van der Waals surface area contributed by atoms with Crippen molar-refractivity contribution in [2.24, 2.45) is 0 Å². The fraction of sp³-hybridized carbons (Fsp3) is 0.706. The first-order valence-corrected chi connectivity index (χ1v) is 8.92. The van der Waals surface area contributed by atoms with Crippen molar-refractivity contribution in [1.82, 2.24) is 15.1 Å². The van der Waals surface area contributed by atoms with Gasteiger partial charge >= 0.3 is 6.09 Å². The number of hydrogen-bond donors (Lipinski definition) is 0. The molecule has 3 heterocycles. The lowest BCUT2D eigenvalue weighted by atomic mass is 9.94. The quantitative estimate of drug-likeness (QED) is 0.798. The number of rotatable bonds is 2. The van der Waals surface area contributed by atoms with Crippen molar-refractivity contribution >= 4 is 23.5 Å². The molecular weight excluding hydrogens is 347 g/mol. The van der Waals surface area contributed by atoms with Crippen LogP contribution in [0, 0.1) is 0 Å². The zero-order valence-corrected chi connectivity index (χ0v) is 15.7. The van der Waals surface area contributed by atoms with Gasteiger partial charge in [-0.2, -0.15) is 0 Å². The van der Waals surface area contributed by atoms with Crippen LogP contribution in [-0.2, 0) is 4.74 Å². The van der Waals surface area contributed by atoms with Gasteiger partial charge in [-0.15, -0.1) is 10.2 Å². The fourth-order valence-electron chi connectivity index (χ4n) is 3.76. The van der Waals surface area contributed by atoms with Crippen molar-refractivity contribution in [3.8, 4) is 0 Å². The molecule has 3 rings (SSSR count). The van der Waals surface area contributed by atoms with Crippen LogP contribution in [0.1, 0.15) is 40.0 Å². The van der Waals surface area contributed by atoms with E-state index in [0.29, 0.717) is 23.8 Å². The molecule has 0 radical (unpaired) electrons. The van der Waals surface area contributed by atoms with Crippen LogP contribution >= 0.6 is 11.6 Å². The van der Waals surface area contributed by atoms with Gasteiger partial charge in [0.2, 0.25) is 0 Å². The van der Waals surface area contributed by atoms with Crippen LogP contribution in [0.25, 0.3) is 0 Å². The first kappa shape index (κ1) is 18.2. The number of piperidine rings is 1. The van der Waals surface area contributed by atoms with E-state index in [4.69, 9.17) is 16.3 Å². The number of anilines is 1. The van der Waals surface area contributed by atoms with Gasteiger partial charge in [-0.25, -0.2) is 9.18 Å². The molecule has 2 fully saturated rings. The summed E-state index contributed by atoms with van der Waals surface area (Å²) in [5.74, 6) is 0.571. The Kier molecular flexibility index (Phi) is 4.79. The molecule has 2 saturated heterocycles. The molecule has 1 aromatic rings. The van der Waals surface area contributed by atoms with Crippen molar-refractivity contribution in [3.63, 3.8) is 0 Å². The third-order valence-electron chi connectivity index (χ3n) is 4.88. The maximum atomic E-state index is 15.2. The van der Waals surface area contributed by atoms with Crippen LogP contribution < -0.4 is 4.90 Å². The summed E-state index contributed by atoms with van der Waals surface area (Å²) in [5, 5.41) is 8.16. The highest BCUT2D eigenvalue weighted by molar-refractivity contribution is 6.29. The summed E-state index contributed by atoms with van der Waals surface area (Å²) < 4.78 is 20.7. The molecule has 4 atom stereocenters. The second-order valence-electron chi connectivity index (χ2n) is 7.76. The van der Waals surface area contributed by atoms with Crippen LogP contribution in [0.4, 0.5) is 15.0 Å². The number of alkyl halides is 1. The third kappa shape index (κ3) is 3.66. The Hall–Kier alpha value is -1.63. The Balaban J connectivity index is 1.76. The SMILES string of the molecule is CN(c1ccc(Cl)nn1)C1CC2CCC(C1F)N2C(=O)OC(C)(C)C. The van der Waals surface area contributed by atoms with Gasteiger partial charge in [0.25, 0.3) is 0 Å². The van der Waals surface area contributed by atoms with Crippen LogP contribution in [0.3, 0.4) is 0 Å². The van der Waals surface area contributed by atoms with E-state index in [-0.39, 0.29) is 12.1 Å². The Bertz CT molecular complexity index is 637. The minimum absolute atomic E-state index is 0.0143. The summed E-state index contributed by atoms with van der Waals surface area (Å²) in [4.78, 5) is 15.9. The smallest absolute Gasteiger partial charge is 0.410 e. The van der Waals surface area contributed by atoms with Gasteiger partial charge in [0, 0.05) is 13.1 Å². The molecule has 0 saturated carbocycles. The molecule has 0 aliphatic carbocycles. The lowest BCUT2D eigenvalue weighted by molar-refractivity contribution is -0.0104. The molecule has 2 aliphatic rings. The van der Waals surface area contributed by atoms with Gasteiger partial charge < -0.3 is 9.64 Å². The summed E-state index contributed by atoms with van der Waals surface area (Å²) in [6, 6.07) is 2.54. The first-order chi connectivity index (χ1) is 11.7. The lowest BCUT2D eigenvalue weighted by Crippen LogP contribution is -2.59. The molecule has 2 bridgehead atoms. The maximum absolute atomic E-state index is 15.2. The molecule has 8 heteroatoms. The number of nitrogens with zero attached hydrogens (tertiary/aromatic N) is 4. The normalized spacial score (nSPS) is 28.8. The molecule has 6 nitrogen and oxygen atoms in total. The number of halogens is 2. The van der Waals surface area contributed by atoms with E-state index < -0.39 is 23.9 Å². The molecular formula is C17H24ClFN4O2. The van der Waals surface area contributed by atoms with Gasteiger partial charge in [0.05, 0.1) is 12.1 Å². The average Bonchev–Trinajstić information content (AvgIpc) is 2.87. The Morgan fingerprint density at radius 2 is 2.08 bits per heavy atom.